The Morgan fingerprint density at radius 2 is 2.18 bits per heavy atom. The maximum atomic E-state index is 11.6. The van der Waals surface area contributed by atoms with Gasteiger partial charge in [0.25, 0.3) is 0 Å². The fraction of sp³-hybridized carbons (Fsp3) is 0.818. The van der Waals surface area contributed by atoms with Gasteiger partial charge in [-0.2, -0.15) is 0 Å². The number of imide groups is 1. The zero-order valence-corrected chi connectivity index (χ0v) is 10.4. The summed E-state index contributed by atoms with van der Waals surface area (Å²) in [4.78, 5) is 24.5. The number of likely N-dealkylation sites (tertiary alicyclic amines) is 1. The van der Waals surface area contributed by atoms with Crippen LogP contribution in [0.25, 0.3) is 0 Å². The van der Waals surface area contributed by atoms with E-state index >= 15 is 0 Å². The first-order chi connectivity index (χ1) is 8.08. The molecule has 0 saturated carbocycles. The summed E-state index contributed by atoms with van der Waals surface area (Å²) in [5, 5.41) is 2.16. The van der Waals surface area contributed by atoms with Gasteiger partial charge < -0.3 is 10.5 Å². The number of ether oxygens (including phenoxy) is 1. The van der Waals surface area contributed by atoms with Crippen molar-refractivity contribution in [2.75, 3.05) is 20.2 Å². The topological polar surface area (TPSA) is 84.7 Å². The molecular weight excluding hydrogens is 222 g/mol. The quantitative estimate of drug-likeness (QED) is 0.732. The maximum absolute atomic E-state index is 11.6. The highest BCUT2D eigenvalue weighted by Crippen LogP contribution is 2.21. The third-order valence-electron chi connectivity index (χ3n) is 3.22. The molecule has 1 saturated heterocycles. The number of alkyl carbamates (subject to hydrolysis) is 1. The second-order valence-electron chi connectivity index (χ2n) is 4.38. The molecule has 0 spiro atoms. The summed E-state index contributed by atoms with van der Waals surface area (Å²) in [5.41, 5.74) is 5.69. The molecule has 6 heteroatoms. The van der Waals surface area contributed by atoms with E-state index in [1.165, 1.54) is 7.11 Å². The van der Waals surface area contributed by atoms with E-state index in [4.69, 9.17) is 5.73 Å². The van der Waals surface area contributed by atoms with E-state index in [0.717, 1.165) is 19.3 Å². The van der Waals surface area contributed by atoms with E-state index in [2.05, 4.69) is 21.9 Å². The normalized spacial score (nSPS) is 25.4. The predicted molar refractivity (Wildman–Crippen MR) is 63.4 cm³/mol. The van der Waals surface area contributed by atoms with Crippen molar-refractivity contribution in [3.63, 3.8) is 0 Å². The molecule has 17 heavy (non-hydrogen) atoms. The highest BCUT2D eigenvalue weighted by atomic mass is 16.5. The predicted octanol–water partition coefficient (Wildman–Crippen LogP) is 0.0707. The Labute approximate surface area is 101 Å². The largest absolute Gasteiger partial charge is 0.453 e. The summed E-state index contributed by atoms with van der Waals surface area (Å²) in [6.45, 7) is 2.81. The van der Waals surface area contributed by atoms with Crippen molar-refractivity contribution in [2.24, 2.45) is 5.73 Å². The first-order valence-electron chi connectivity index (χ1n) is 5.92. The van der Waals surface area contributed by atoms with Crippen LogP contribution < -0.4 is 11.1 Å². The molecule has 0 aromatic carbocycles. The van der Waals surface area contributed by atoms with Crippen molar-refractivity contribution in [3.05, 3.63) is 0 Å². The number of nitrogens with zero attached hydrogens (tertiary/aromatic N) is 1. The van der Waals surface area contributed by atoms with Crippen LogP contribution in [0.4, 0.5) is 4.79 Å². The minimum absolute atomic E-state index is 0.193. The van der Waals surface area contributed by atoms with Crippen molar-refractivity contribution in [1.82, 2.24) is 10.2 Å². The Bertz CT molecular complexity index is 283. The average molecular weight is 243 g/mol. The Hall–Kier alpha value is -1.14. The molecule has 1 fully saturated rings. The van der Waals surface area contributed by atoms with Crippen LogP contribution in [-0.2, 0) is 9.53 Å². The summed E-state index contributed by atoms with van der Waals surface area (Å²) >= 11 is 0. The fourth-order valence-electron chi connectivity index (χ4n) is 2.25. The lowest BCUT2D eigenvalue weighted by molar-refractivity contribution is -0.123. The number of nitrogens with two attached hydrogens (primary N) is 1. The molecule has 3 N–H and O–H groups in total. The molecule has 0 bridgehead atoms. The standard InChI is InChI=1S/C11H21N3O3/c1-8-4-3-5-9(6-12)14(8)7-10(15)13-11(16)17-2/h8-9H,3-7,12H2,1-2H3,(H,13,15,16). The average Bonchev–Trinajstić information content (AvgIpc) is 2.31. The summed E-state index contributed by atoms with van der Waals surface area (Å²) in [5.74, 6) is -0.343. The van der Waals surface area contributed by atoms with E-state index in [0.29, 0.717) is 12.6 Å². The monoisotopic (exact) mass is 243 g/mol. The number of methoxy groups -OCH3 is 1. The number of carbonyl (C=O) groups excluding carboxylic acids is 2. The lowest BCUT2D eigenvalue weighted by Gasteiger charge is -2.39. The highest BCUT2D eigenvalue weighted by Gasteiger charge is 2.28. The SMILES string of the molecule is COC(=O)NC(=O)CN1C(C)CCCC1CN. The van der Waals surface area contributed by atoms with Crippen molar-refractivity contribution in [2.45, 2.75) is 38.3 Å². The van der Waals surface area contributed by atoms with Crippen LogP contribution >= 0.6 is 0 Å². The van der Waals surface area contributed by atoms with E-state index in [1.54, 1.807) is 0 Å². The number of piperidine rings is 1. The molecule has 2 amide bonds. The number of nitrogens with one attached hydrogen (secondary N) is 1. The smallest absolute Gasteiger partial charge is 0.413 e. The van der Waals surface area contributed by atoms with Gasteiger partial charge in [-0.3, -0.25) is 15.0 Å². The second kappa shape index (κ2) is 6.56. The first-order valence-corrected chi connectivity index (χ1v) is 5.92. The molecule has 0 aliphatic carbocycles. The van der Waals surface area contributed by atoms with E-state index in [9.17, 15) is 9.59 Å². The van der Waals surface area contributed by atoms with Crippen molar-refractivity contribution in [3.8, 4) is 0 Å². The van der Waals surface area contributed by atoms with Crippen LogP contribution in [0.2, 0.25) is 0 Å². The summed E-state index contributed by atoms with van der Waals surface area (Å²) in [6, 6.07) is 0.544. The van der Waals surface area contributed by atoms with Gasteiger partial charge in [-0.1, -0.05) is 6.42 Å². The summed E-state index contributed by atoms with van der Waals surface area (Å²) in [7, 11) is 1.23. The van der Waals surface area contributed by atoms with E-state index < -0.39 is 6.09 Å². The van der Waals surface area contributed by atoms with E-state index in [-0.39, 0.29) is 18.5 Å². The van der Waals surface area contributed by atoms with Crippen molar-refractivity contribution < 1.29 is 14.3 Å². The Kier molecular flexibility index (Phi) is 5.37. The zero-order chi connectivity index (χ0) is 12.8. The Morgan fingerprint density at radius 1 is 1.47 bits per heavy atom. The molecule has 2 unspecified atom stereocenters. The molecule has 0 aromatic heterocycles. The van der Waals surface area contributed by atoms with Gasteiger partial charge in [0.2, 0.25) is 5.91 Å². The van der Waals surface area contributed by atoms with Gasteiger partial charge >= 0.3 is 6.09 Å². The van der Waals surface area contributed by atoms with Gasteiger partial charge in [0, 0.05) is 18.6 Å². The lowest BCUT2D eigenvalue weighted by atomic mass is 9.96. The van der Waals surface area contributed by atoms with Crippen LogP contribution in [0.15, 0.2) is 0 Å². The number of hydrogen-bond acceptors (Lipinski definition) is 5. The van der Waals surface area contributed by atoms with Gasteiger partial charge in [0.15, 0.2) is 0 Å². The highest BCUT2D eigenvalue weighted by molar-refractivity contribution is 5.92. The number of carbonyl (C=O) groups is 2. The molecule has 2 atom stereocenters. The van der Waals surface area contributed by atoms with Crippen LogP contribution in [0.1, 0.15) is 26.2 Å². The zero-order valence-electron chi connectivity index (χ0n) is 10.4. The van der Waals surface area contributed by atoms with Crippen LogP contribution in [0.3, 0.4) is 0 Å². The molecule has 98 valence electrons. The van der Waals surface area contributed by atoms with Crippen LogP contribution in [-0.4, -0.2) is 49.2 Å². The molecule has 0 aromatic rings. The molecule has 1 rings (SSSR count). The molecule has 1 aliphatic rings. The fourth-order valence-corrected chi connectivity index (χ4v) is 2.25. The van der Waals surface area contributed by atoms with Gasteiger partial charge in [0.05, 0.1) is 13.7 Å². The maximum Gasteiger partial charge on any atom is 0.413 e. The minimum atomic E-state index is -0.719. The van der Waals surface area contributed by atoms with Gasteiger partial charge in [-0.25, -0.2) is 4.79 Å². The second-order valence-corrected chi connectivity index (χ2v) is 4.38. The third-order valence-corrected chi connectivity index (χ3v) is 3.22. The van der Waals surface area contributed by atoms with Gasteiger partial charge in [0.1, 0.15) is 0 Å². The molecule has 1 aliphatic heterocycles. The van der Waals surface area contributed by atoms with Gasteiger partial charge in [-0.15, -0.1) is 0 Å². The number of hydrogen-bond donors (Lipinski definition) is 2. The lowest BCUT2D eigenvalue weighted by Crippen LogP contribution is -2.52. The summed E-state index contributed by atoms with van der Waals surface area (Å²) < 4.78 is 4.38. The molecular formula is C11H21N3O3. The Morgan fingerprint density at radius 3 is 2.76 bits per heavy atom. The number of amides is 2. The van der Waals surface area contributed by atoms with Crippen molar-refractivity contribution >= 4 is 12.0 Å². The third kappa shape index (κ3) is 3.98. The first kappa shape index (κ1) is 13.9. The van der Waals surface area contributed by atoms with Crippen LogP contribution in [0.5, 0.6) is 0 Å². The van der Waals surface area contributed by atoms with Gasteiger partial charge in [-0.05, 0) is 19.8 Å². The minimum Gasteiger partial charge on any atom is -0.453 e. The van der Waals surface area contributed by atoms with E-state index in [1.807, 2.05) is 0 Å². The van der Waals surface area contributed by atoms with Crippen molar-refractivity contribution in [1.29, 1.82) is 0 Å². The number of rotatable bonds is 3. The molecule has 1 heterocycles. The molecule has 0 radical (unpaired) electrons. The molecule has 6 nitrogen and oxygen atoms in total. The summed E-state index contributed by atoms with van der Waals surface area (Å²) in [6.07, 6.45) is 2.48. The Balaban J connectivity index is 2.51. The van der Waals surface area contributed by atoms with Crippen LogP contribution in [0, 0.1) is 0 Å².